The van der Waals surface area contributed by atoms with Gasteiger partial charge in [0, 0.05) is 36.8 Å². The summed E-state index contributed by atoms with van der Waals surface area (Å²) in [6.07, 6.45) is 6.22. The average Bonchev–Trinajstić information content (AvgIpc) is 2.95. The highest BCUT2D eigenvalue weighted by atomic mass is 19.1. The predicted octanol–water partition coefficient (Wildman–Crippen LogP) is 2.20. The van der Waals surface area contributed by atoms with Gasteiger partial charge in [0.25, 0.3) is 5.91 Å². The minimum absolute atomic E-state index is 0.0244. The Balaban J connectivity index is 1.52. The van der Waals surface area contributed by atoms with Crippen molar-refractivity contribution in [3.05, 3.63) is 59.9 Å². The van der Waals surface area contributed by atoms with E-state index in [-0.39, 0.29) is 24.2 Å². The Bertz CT molecular complexity index is 774. The zero-order chi connectivity index (χ0) is 17.9. The minimum Gasteiger partial charge on any atom is -0.374 e. The molecule has 0 aromatic carbocycles. The molecule has 26 heavy (non-hydrogen) atoms. The molecule has 2 aromatic heterocycles. The number of hydrogen-bond acceptors (Lipinski definition) is 5. The second-order valence-electron chi connectivity index (χ2n) is 6.56. The van der Waals surface area contributed by atoms with Crippen LogP contribution in [0.5, 0.6) is 0 Å². The molecule has 2 bridgehead atoms. The maximum Gasteiger partial charge on any atom is 0.254 e. The largest absolute Gasteiger partial charge is 0.374 e. The number of halogens is 1. The van der Waals surface area contributed by atoms with Gasteiger partial charge in [-0.25, -0.2) is 4.98 Å². The third kappa shape index (κ3) is 3.45. The first kappa shape index (κ1) is 17.1. The van der Waals surface area contributed by atoms with Gasteiger partial charge in [-0.15, -0.1) is 0 Å². The van der Waals surface area contributed by atoms with E-state index in [0.717, 1.165) is 18.4 Å². The van der Waals surface area contributed by atoms with E-state index in [1.54, 1.807) is 17.3 Å². The second-order valence-corrected chi connectivity index (χ2v) is 6.56. The standard InChI is InChI=1S/C19H20FN3O3/c20-17-10-14(5-7-22-17)19(24)23-8-9-25-16-4-3-15(23)18(16)26-12-13-2-1-6-21-11-13/h1-2,5-7,10-11,15-16,18H,3-4,8-9,12H2/t15-,16-,18-/m0/s1. The molecule has 0 unspecified atom stereocenters. The summed E-state index contributed by atoms with van der Waals surface area (Å²) in [5.41, 5.74) is 1.28. The average molecular weight is 357 g/mol. The zero-order valence-electron chi connectivity index (χ0n) is 14.3. The lowest BCUT2D eigenvalue weighted by atomic mass is 10.1. The third-order valence-corrected chi connectivity index (χ3v) is 4.96. The number of carbonyl (C=O) groups excluding carboxylic acids is 1. The van der Waals surface area contributed by atoms with E-state index in [0.29, 0.717) is 25.3 Å². The molecule has 0 radical (unpaired) electrons. The van der Waals surface area contributed by atoms with Crippen molar-refractivity contribution in [2.45, 2.75) is 37.7 Å². The first-order valence-corrected chi connectivity index (χ1v) is 8.77. The van der Waals surface area contributed by atoms with Crippen LogP contribution in [0.4, 0.5) is 4.39 Å². The fraction of sp³-hybridized carbons (Fsp3) is 0.421. The number of pyridine rings is 2. The van der Waals surface area contributed by atoms with Crippen molar-refractivity contribution in [3.63, 3.8) is 0 Å². The van der Waals surface area contributed by atoms with Gasteiger partial charge in [-0.1, -0.05) is 6.07 Å². The van der Waals surface area contributed by atoms with Crippen LogP contribution in [0, 0.1) is 5.95 Å². The van der Waals surface area contributed by atoms with Crippen molar-refractivity contribution in [1.29, 1.82) is 0 Å². The molecule has 0 spiro atoms. The number of aromatic nitrogens is 2. The fourth-order valence-corrected chi connectivity index (χ4v) is 3.74. The van der Waals surface area contributed by atoms with Gasteiger partial charge in [-0.2, -0.15) is 4.39 Å². The number of amides is 1. The van der Waals surface area contributed by atoms with Crippen molar-refractivity contribution in [1.82, 2.24) is 14.9 Å². The van der Waals surface area contributed by atoms with E-state index in [4.69, 9.17) is 9.47 Å². The van der Waals surface area contributed by atoms with Gasteiger partial charge in [0.15, 0.2) is 0 Å². The third-order valence-electron chi connectivity index (χ3n) is 4.96. The summed E-state index contributed by atoms with van der Waals surface area (Å²) in [5.74, 6) is -0.868. The number of hydrogen-bond donors (Lipinski definition) is 0. The monoisotopic (exact) mass is 357 g/mol. The van der Waals surface area contributed by atoms with Crippen molar-refractivity contribution >= 4 is 5.91 Å². The van der Waals surface area contributed by atoms with Crippen LogP contribution in [0.1, 0.15) is 28.8 Å². The molecule has 2 aliphatic rings. The molecular weight excluding hydrogens is 337 g/mol. The van der Waals surface area contributed by atoms with Crippen LogP contribution in [0.25, 0.3) is 0 Å². The Morgan fingerprint density at radius 2 is 2.27 bits per heavy atom. The molecule has 1 saturated carbocycles. The number of rotatable bonds is 4. The molecule has 6 nitrogen and oxygen atoms in total. The molecular formula is C19H20FN3O3. The molecule has 3 heterocycles. The normalized spacial score (nSPS) is 25.1. The molecule has 2 fully saturated rings. The van der Waals surface area contributed by atoms with Crippen molar-refractivity contribution < 1.29 is 18.7 Å². The van der Waals surface area contributed by atoms with Crippen molar-refractivity contribution in [2.75, 3.05) is 13.2 Å². The predicted molar refractivity (Wildman–Crippen MR) is 90.8 cm³/mol. The van der Waals surface area contributed by atoms with Crippen LogP contribution < -0.4 is 0 Å². The molecule has 1 amide bonds. The molecule has 1 saturated heterocycles. The molecule has 1 aliphatic heterocycles. The smallest absolute Gasteiger partial charge is 0.254 e. The Kier molecular flexibility index (Phi) is 4.90. The Morgan fingerprint density at radius 1 is 1.35 bits per heavy atom. The highest BCUT2D eigenvalue weighted by Crippen LogP contribution is 2.33. The first-order valence-electron chi connectivity index (χ1n) is 8.77. The number of ether oxygens (including phenoxy) is 2. The Hall–Kier alpha value is -2.38. The number of fused-ring (bicyclic) bond motifs is 2. The summed E-state index contributed by atoms with van der Waals surface area (Å²) in [7, 11) is 0. The lowest BCUT2D eigenvalue weighted by molar-refractivity contribution is -0.0598. The van der Waals surface area contributed by atoms with E-state index in [2.05, 4.69) is 9.97 Å². The van der Waals surface area contributed by atoms with Gasteiger partial charge in [0.1, 0.15) is 6.10 Å². The maximum atomic E-state index is 13.4. The van der Waals surface area contributed by atoms with Gasteiger partial charge >= 0.3 is 0 Å². The number of carbonyl (C=O) groups is 1. The highest BCUT2D eigenvalue weighted by Gasteiger charge is 2.44. The Morgan fingerprint density at radius 3 is 3.08 bits per heavy atom. The quantitative estimate of drug-likeness (QED) is 0.785. The van der Waals surface area contributed by atoms with Crippen molar-refractivity contribution in [3.8, 4) is 0 Å². The molecule has 1 aliphatic carbocycles. The van der Waals surface area contributed by atoms with Crippen LogP contribution in [0.3, 0.4) is 0 Å². The molecule has 2 aromatic rings. The molecule has 7 heteroatoms. The van der Waals surface area contributed by atoms with Gasteiger partial charge < -0.3 is 14.4 Å². The van der Waals surface area contributed by atoms with Crippen LogP contribution in [-0.4, -0.2) is 52.2 Å². The highest BCUT2D eigenvalue weighted by molar-refractivity contribution is 5.94. The topological polar surface area (TPSA) is 64.6 Å². The second kappa shape index (κ2) is 7.47. The summed E-state index contributed by atoms with van der Waals surface area (Å²) in [5, 5.41) is 0. The molecule has 136 valence electrons. The zero-order valence-corrected chi connectivity index (χ0v) is 14.3. The van der Waals surface area contributed by atoms with Gasteiger partial charge in [0.2, 0.25) is 5.95 Å². The van der Waals surface area contributed by atoms with Crippen LogP contribution in [0.2, 0.25) is 0 Å². The minimum atomic E-state index is -0.657. The summed E-state index contributed by atoms with van der Waals surface area (Å²) in [6, 6.07) is 6.45. The summed E-state index contributed by atoms with van der Waals surface area (Å²) < 4.78 is 25.5. The van der Waals surface area contributed by atoms with E-state index in [9.17, 15) is 9.18 Å². The fourth-order valence-electron chi connectivity index (χ4n) is 3.74. The lowest BCUT2D eigenvalue weighted by Gasteiger charge is -2.31. The first-order chi connectivity index (χ1) is 12.7. The van der Waals surface area contributed by atoms with E-state index in [1.165, 1.54) is 18.3 Å². The van der Waals surface area contributed by atoms with E-state index < -0.39 is 5.95 Å². The van der Waals surface area contributed by atoms with Crippen LogP contribution in [0.15, 0.2) is 42.9 Å². The van der Waals surface area contributed by atoms with Crippen LogP contribution >= 0.6 is 0 Å². The number of nitrogens with zero attached hydrogens (tertiary/aromatic N) is 3. The maximum absolute atomic E-state index is 13.4. The summed E-state index contributed by atoms with van der Waals surface area (Å²) in [6.45, 7) is 1.34. The summed E-state index contributed by atoms with van der Waals surface area (Å²) in [4.78, 5) is 22.3. The van der Waals surface area contributed by atoms with Crippen LogP contribution in [-0.2, 0) is 16.1 Å². The Labute approximate surface area is 151 Å². The lowest BCUT2D eigenvalue weighted by Crippen LogP contribution is -2.46. The molecule has 0 N–H and O–H groups in total. The van der Waals surface area contributed by atoms with Gasteiger partial charge in [-0.3, -0.25) is 9.78 Å². The van der Waals surface area contributed by atoms with Gasteiger partial charge in [0.05, 0.1) is 25.4 Å². The summed E-state index contributed by atoms with van der Waals surface area (Å²) >= 11 is 0. The molecule has 4 rings (SSSR count). The van der Waals surface area contributed by atoms with E-state index in [1.807, 2.05) is 12.1 Å². The van der Waals surface area contributed by atoms with Crippen molar-refractivity contribution in [2.24, 2.45) is 0 Å². The van der Waals surface area contributed by atoms with E-state index >= 15 is 0 Å². The van der Waals surface area contributed by atoms with Gasteiger partial charge in [-0.05, 0) is 30.5 Å². The molecule has 3 atom stereocenters. The SMILES string of the molecule is O=C(c1ccnc(F)c1)N1CCO[C@H]2CC[C@H]1[C@@H]2OCc1cccnc1.